The van der Waals surface area contributed by atoms with Gasteiger partial charge < -0.3 is 29.3 Å². The Morgan fingerprint density at radius 2 is 0.839 bits per heavy atom. The molecule has 0 atom stereocenters. The summed E-state index contributed by atoms with van der Waals surface area (Å²) >= 11 is 0. The maximum absolute atomic E-state index is 11.2. The molecule has 31 heavy (non-hydrogen) atoms. The van der Waals surface area contributed by atoms with Crippen LogP contribution in [-0.2, 0) is 19.1 Å². The number of carboxylic acids is 2. The Balaban J connectivity index is 0.000000562. The second-order valence-corrected chi connectivity index (χ2v) is 5.43. The first kappa shape index (κ1) is 27.5. The molecule has 0 fully saturated rings. The maximum atomic E-state index is 11.2. The molecule has 0 bridgehead atoms. The monoisotopic (exact) mass is 534 g/mol. The van der Waals surface area contributed by atoms with Crippen LogP contribution in [0.3, 0.4) is 0 Å². The average Bonchev–Trinajstić information content (AvgIpc) is 2.67. The molecular formula is C20H14O10Sn. The molecule has 0 saturated carbocycles. The van der Waals surface area contributed by atoms with E-state index in [1.807, 2.05) is 0 Å². The van der Waals surface area contributed by atoms with Crippen molar-refractivity contribution < 1.29 is 48.5 Å². The molecule has 0 amide bonds. The molecule has 0 heterocycles. The molecule has 2 rings (SSSR count). The van der Waals surface area contributed by atoms with E-state index >= 15 is 0 Å². The Morgan fingerprint density at radius 3 is 1.06 bits per heavy atom. The minimum Gasteiger partial charge on any atom is -0.545 e. The van der Waals surface area contributed by atoms with Crippen LogP contribution in [0.2, 0.25) is 0 Å². The fraction of sp³-hybridized carbons (Fsp3) is 0.100. The molecule has 0 spiro atoms. The fourth-order valence-corrected chi connectivity index (χ4v) is 2.05. The van der Waals surface area contributed by atoms with Gasteiger partial charge in [-0.3, -0.25) is 9.59 Å². The van der Waals surface area contributed by atoms with Crippen molar-refractivity contribution in [2.75, 3.05) is 0 Å². The maximum Gasteiger partial charge on any atom is 2.00 e. The number of ether oxygens (including phenoxy) is 2. The number of hydrogen-bond donors (Lipinski definition) is 0. The smallest absolute Gasteiger partial charge is 0.545 e. The van der Waals surface area contributed by atoms with E-state index in [0.717, 1.165) is 13.8 Å². The number of rotatable bonds is 4. The van der Waals surface area contributed by atoms with E-state index in [1.165, 1.54) is 48.5 Å². The zero-order valence-electron chi connectivity index (χ0n) is 16.2. The standard InChI is InChI=1S/2C10H8O5.Sn/c2*1-6(11)15-10(14)8-5-3-2-4-7(8)9(12)13;/h2*2-5H,1H3,(H,12,13);/q;;+2/p-2. The number of hydrogen-bond acceptors (Lipinski definition) is 10. The third-order valence-electron chi connectivity index (χ3n) is 3.21. The molecule has 2 aromatic carbocycles. The Bertz CT molecular complexity index is 931. The van der Waals surface area contributed by atoms with E-state index in [-0.39, 0.29) is 46.2 Å². The molecule has 0 aliphatic rings. The van der Waals surface area contributed by atoms with Crippen molar-refractivity contribution >= 4 is 59.7 Å². The van der Waals surface area contributed by atoms with Crippen molar-refractivity contribution in [2.45, 2.75) is 13.8 Å². The zero-order chi connectivity index (χ0) is 22.8. The average molecular weight is 533 g/mol. The predicted molar refractivity (Wildman–Crippen MR) is 99.5 cm³/mol. The third kappa shape index (κ3) is 8.78. The summed E-state index contributed by atoms with van der Waals surface area (Å²) < 4.78 is 8.52. The van der Waals surface area contributed by atoms with E-state index in [0.29, 0.717) is 0 Å². The summed E-state index contributed by atoms with van der Waals surface area (Å²) in [6.07, 6.45) is 0. The van der Waals surface area contributed by atoms with Gasteiger partial charge in [0.15, 0.2) is 0 Å². The molecule has 158 valence electrons. The van der Waals surface area contributed by atoms with Crippen molar-refractivity contribution in [3.8, 4) is 0 Å². The Hall–Kier alpha value is -3.54. The first-order chi connectivity index (χ1) is 14.0. The second-order valence-electron chi connectivity index (χ2n) is 5.43. The molecule has 10 nitrogen and oxygen atoms in total. The van der Waals surface area contributed by atoms with Crippen molar-refractivity contribution in [3.05, 3.63) is 70.8 Å². The SMILES string of the molecule is CC(=O)OC(=O)c1ccccc1C(=O)[O-].CC(=O)OC(=O)c1ccccc1C(=O)[O-].[Sn+2]. The number of esters is 4. The van der Waals surface area contributed by atoms with Crippen molar-refractivity contribution in [3.63, 3.8) is 0 Å². The fourth-order valence-electron chi connectivity index (χ4n) is 2.05. The van der Waals surface area contributed by atoms with Gasteiger partial charge in [-0.1, -0.05) is 36.4 Å². The summed E-state index contributed by atoms with van der Waals surface area (Å²) in [6.45, 7) is 2.11. The molecular weight excluding hydrogens is 519 g/mol. The number of carboxylic acid groups (broad SMARTS) is 2. The minimum atomic E-state index is -1.49. The Morgan fingerprint density at radius 1 is 0.581 bits per heavy atom. The van der Waals surface area contributed by atoms with Gasteiger partial charge in [0.05, 0.1) is 23.1 Å². The topological polar surface area (TPSA) is 167 Å². The van der Waals surface area contributed by atoms with Gasteiger partial charge in [-0.25, -0.2) is 9.59 Å². The van der Waals surface area contributed by atoms with Gasteiger partial charge in [0.1, 0.15) is 0 Å². The molecule has 0 N–H and O–H groups in total. The quantitative estimate of drug-likeness (QED) is 0.274. The van der Waals surface area contributed by atoms with Gasteiger partial charge in [0, 0.05) is 25.0 Å². The van der Waals surface area contributed by atoms with Crippen LogP contribution in [0.5, 0.6) is 0 Å². The van der Waals surface area contributed by atoms with E-state index < -0.39 is 35.8 Å². The first-order valence-corrected chi connectivity index (χ1v) is 8.10. The normalized spacial score (nSPS) is 9.10. The van der Waals surface area contributed by atoms with E-state index in [1.54, 1.807) is 0 Å². The Kier molecular flexibility index (Phi) is 11.4. The molecule has 0 aliphatic heterocycles. The van der Waals surface area contributed by atoms with Crippen LogP contribution >= 0.6 is 0 Å². The Labute approximate surface area is 192 Å². The van der Waals surface area contributed by atoms with Crippen molar-refractivity contribution in [1.29, 1.82) is 0 Å². The number of carbonyl (C=O) groups excluding carboxylic acids is 6. The van der Waals surface area contributed by atoms with Crippen LogP contribution in [0, 0.1) is 0 Å². The zero-order valence-corrected chi connectivity index (χ0v) is 19.1. The van der Waals surface area contributed by atoms with E-state index in [4.69, 9.17) is 0 Å². The summed E-state index contributed by atoms with van der Waals surface area (Å²) in [5.41, 5.74) is -1.01. The van der Waals surface area contributed by atoms with Crippen molar-refractivity contribution in [1.82, 2.24) is 0 Å². The van der Waals surface area contributed by atoms with Gasteiger partial charge >= 0.3 is 47.8 Å². The molecule has 0 unspecified atom stereocenters. The van der Waals surface area contributed by atoms with Gasteiger partial charge in [-0.15, -0.1) is 0 Å². The van der Waals surface area contributed by atoms with Crippen LogP contribution in [0.15, 0.2) is 48.5 Å². The van der Waals surface area contributed by atoms with Crippen LogP contribution in [-0.4, -0.2) is 59.7 Å². The summed E-state index contributed by atoms with van der Waals surface area (Å²) in [5, 5.41) is 21.2. The molecule has 2 radical (unpaired) electrons. The first-order valence-electron chi connectivity index (χ1n) is 8.10. The molecule has 2 aromatic rings. The summed E-state index contributed by atoms with van der Waals surface area (Å²) in [4.78, 5) is 64.7. The second kappa shape index (κ2) is 12.9. The van der Waals surface area contributed by atoms with Crippen LogP contribution < -0.4 is 10.2 Å². The van der Waals surface area contributed by atoms with Gasteiger partial charge in [0.2, 0.25) is 0 Å². The van der Waals surface area contributed by atoms with Crippen LogP contribution in [0.4, 0.5) is 0 Å². The van der Waals surface area contributed by atoms with Crippen molar-refractivity contribution in [2.24, 2.45) is 0 Å². The summed E-state index contributed by atoms with van der Waals surface area (Å²) in [7, 11) is 0. The van der Waals surface area contributed by atoms with Gasteiger partial charge in [-0.2, -0.15) is 0 Å². The predicted octanol–water partition coefficient (Wildman–Crippen LogP) is -0.874. The summed E-state index contributed by atoms with van der Waals surface area (Å²) in [6, 6.07) is 10.7. The number of aromatic carboxylic acids is 2. The van der Waals surface area contributed by atoms with Crippen LogP contribution in [0.1, 0.15) is 55.3 Å². The van der Waals surface area contributed by atoms with Gasteiger partial charge in [0.25, 0.3) is 0 Å². The number of benzene rings is 2. The van der Waals surface area contributed by atoms with E-state index in [9.17, 15) is 39.0 Å². The third-order valence-corrected chi connectivity index (χ3v) is 3.21. The molecule has 0 aliphatic carbocycles. The molecule has 11 heteroatoms. The van der Waals surface area contributed by atoms with Gasteiger partial charge in [-0.05, 0) is 12.1 Å². The number of carbonyl (C=O) groups is 6. The van der Waals surface area contributed by atoms with Crippen LogP contribution in [0.25, 0.3) is 0 Å². The van der Waals surface area contributed by atoms with E-state index in [2.05, 4.69) is 9.47 Å². The molecule has 0 saturated heterocycles. The molecule has 0 aromatic heterocycles. The minimum absolute atomic E-state index is 0. The largest absolute Gasteiger partial charge is 2.00 e. The summed E-state index contributed by atoms with van der Waals surface area (Å²) in [5.74, 6) is -6.58.